The van der Waals surface area contributed by atoms with Gasteiger partial charge in [-0.1, -0.05) is 44.4 Å². The fraction of sp³-hybridized carbons (Fsp3) is 0.333. The topological polar surface area (TPSA) is 88.2 Å². The van der Waals surface area contributed by atoms with Crippen LogP contribution in [0.4, 0.5) is 22.7 Å². The third-order valence-electron chi connectivity index (χ3n) is 7.67. The predicted molar refractivity (Wildman–Crippen MR) is 179 cm³/mol. The number of aromatic nitrogens is 1. The second kappa shape index (κ2) is 15.9. The number of benzene rings is 4. The Morgan fingerprint density at radius 2 is 1.38 bits per heavy atom. The molecule has 0 aliphatic rings. The first-order valence-corrected chi connectivity index (χ1v) is 15.6. The molecule has 1 heterocycles. The van der Waals surface area contributed by atoms with Crippen LogP contribution in [0, 0.1) is 10.1 Å². The zero-order chi connectivity index (χ0) is 31.4. The maximum absolute atomic E-state index is 11.3. The monoisotopic (exact) mass is 611 g/mol. The van der Waals surface area contributed by atoms with Crippen LogP contribution in [-0.2, 0) is 9.47 Å². The number of nitro benzene ring substituents is 1. The minimum Gasteiger partial charge on any atom is -0.491 e. The molecule has 0 unspecified atom stereocenters. The van der Waals surface area contributed by atoms with E-state index in [2.05, 4.69) is 36.1 Å². The van der Waals surface area contributed by atoms with Crippen LogP contribution in [0.2, 0.25) is 0 Å². The molecule has 0 saturated carbocycles. The normalized spacial score (nSPS) is 11.2. The zero-order valence-electron chi connectivity index (χ0n) is 26.0. The number of hydrogen-bond acceptors (Lipinski definition) is 7. The average Bonchev–Trinajstić information content (AvgIpc) is 3.37. The van der Waals surface area contributed by atoms with Crippen LogP contribution in [0.25, 0.3) is 21.8 Å². The molecule has 0 N–H and O–H groups in total. The Bertz CT molecular complexity index is 1670. The Labute approximate surface area is 264 Å². The number of fused-ring (bicyclic) bond motifs is 3. The number of nitro groups is 1. The summed E-state index contributed by atoms with van der Waals surface area (Å²) < 4.78 is 18.5. The van der Waals surface area contributed by atoms with Crippen LogP contribution in [0.1, 0.15) is 39.0 Å². The highest BCUT2D eigenvalue weighted by Crippen LogP contribution is 2.39. The molecule has 0 atom stereocenters. The van der Waals surface area contributed by atoms with Gasteiger partial charge in [-0.15, -0.1) is 0 Å². The fourth-order valence-corrected chi connectivity index (χ4v) is 5.39. The Hall–Kier alpha value is -4.60. The molecule has 0 aliphatic carbocycles. The van der Waals surface area contributed by atoms with Gasteiger partial charge in [0.05, 0.1) is 35.8 Å². The van der Waals surface area contributed by atoms with Gasteiger partial charge < -0.3 is 23.9 Å². The molecule has 9 heteroatoms. The molecular weight excluding hydrogens is 570 g/mol. The van der Waals surface area contributed by atoms with E-state index >= 15 is 0 Å². The minimum absolute atomic E-state index is 0.0502. The summed E-state index contributed by atoms with van der Waals surface area (Å²) in [4.78, 5) is 19.5. The summed E-state index contributed by atoms with van der Waals surface area (Å²) in [5.41, 5.74) is 4.56. The molecule has 45 heavy (non-hydrogen) atoms. The van der Waals surface area contributed by atoms with Crippen LogP contribution in [-0.4, -0.2) is 49.8 Å². The number of nitrogens with zero attached hydrogens (tertiary/aromatic N) is 3. The SMILES string of the molecule is CCCCCCCOn1c2cc(OCCOCCOC)ccc2c2ccc(N(c3ccccc3)c3ccc([N+](=O)[O-])cc3)cc21. The van der Waals surface area contributed by atoms with Crippen LogP contribution in [0.15, 0.2) is 91.0 Å². The number of ether oxygens (including phenoxy) is 3. The summed E-state index contributed by atoms with van der Waals surface area (Å²) >= 11 is 0. The van der Waals surface area contributed by atoms with Crippen molar-refractivity contribution in [3.8, 4) is 5.75 Å². The van der Waals surface area contributed by atoms with E-state index in [4.69, 9.17) is 19.0 Å². The first-order chi connectivity index (χ1) is 22.1. The molecule has 4 aromatic carbocycles. The summed E-state index contributed by atoms with van der Waals surface area (Å²) in [6.07, 6.45) is 5.71. The number of unbranched alkanes of at least 4 members (excludes halogenated alkanes) is 4. The Kier molecular flexibility index (Phi) is 11.3. The molecule has 5 aromatic rings. The van der Waals surface area contributed by atoms with Crippen molar-refractivity contribution in [1.82, 2.24) is 4.73 Å². The lowest BCUT2D eigenvalue weighted by atomic mass is 10.1. The summed E-state index contributed by atoms with van der Waals surface area (Å²) in [5.74, 6) is 0.741. The van der Waals surface area contributed by atoms with Gasteiger partial charge >= 0.3 is 0 Å². The Morgan fingerprint density at radius 1 is 0.711 bits per heavy atom. The zero-order valence-corrected chi connectivity index (χ0v) is 26.0. The van der Waals surface area contributed by atoms with Crippen LogP contribution in [0.3, 0.4) is 0 Å². The van der Waals surface area contributed by atoms with Crippen molar-refractivity contribution in [3.05, 3.63) is 101 Å². The van der Waals surface area contributed by atoms with Crippen LogP contribution >= 0.6 is 0 Å². The summed E-state index contributed by atoms with van der Waals surface area (Å²) in [6.45, 7) is 4.79. The summed E-state index contributed by atoms with van der Waals surface area (Å²) in [5, 5.41) is 13.5. The first-order valence-electron chi connectivity index (χ1n) is 15.6. The maximum Gasteiger partial charge on any atom is 0.269 e. The van der Waals surface area contributed by atoms with Crippen molar-refractivity contribution in [2.75, 3.05) is 45.0 Å². The van der Waals surface area contributed by atoms with E-state index in [1.54, 1.807) is 19.2 Å². The fourth-order valence-electron chi connectivity index (χ4n) is 5.39. The molecule has 236 valence electrons. The van der Waals surface area contributed by atoms with Crippen molar-refractivity contribution in [1.29, 1.82) is 0 Å². The largest absolute Gasteiger partial charge is 0.491 e. The van der Waals surface area contributed by atoms with E-state index in [1.165, 1.54) is 31.4 Å². The van der Waals surface area contributed by atoms with Crippen molar-refractivity contribution < 1.29 is 24.0 Å². The average molecular weight is 612 g/mol. The standard InChI is InChI=1S/C36H41N3O6/c1-3-4-5-6-10-21-45-38-35-26-31(37(28-11-8-7-9-12-28)29-13-15-30(16-14-29)39(40)41)17-19-33(35)34-20-18-32(27-36(34)38)44-25-24-43-23-22-42-2/h7-9,11-20,26-27H,3-6,10,21-25H2,1-2H3. The maximum atomic E-state index is 11.3. The Morgan fingerprint density at radius 3 is 2.11 bits per heavy atom. The summed E-state index contributed by atoms with van der Waals surface area (Å²) in [7, 11) is 1.65. The molecule has 5 rings (SSSR count). The van der Waals surface area contributed by atoms with Gasteiger partial charge in [-0.3, -0.25) is 10.1 Å². The number of anilines is 3. The molecule has 0 bridgehead atoms. The summed E-state index contributed by atoms with van der Waals surface area (Å²) in [6, 6.07) is 29.0. The lowest BCUT2D eigenvalue weighted by Gasteiger charge is -2.25. The molecule has 0 radical (unpaired) electrons. The smallest absolute Gasteiger partial charge is 0.269 e. The van der Waals surface area contributed by atoms with Gasteiger partial charge in [0.25, 0.3) is 5.69 Å². The van der Waals surface area contributed by atoms with E-state index < -0.39 is 0 Å². The number of hydrogen-bond donors (Lipinski definition) is 0. The molecule has 9 nitrogen and oxygen atoms in total. The number of methoxy groups -OCH3 is 1. The Balaban J connectivity index is 1.52. The van der Waals surface area contributed by atoms with Gasteiger partial charge in [0.1, 0.15) is 19.0 Å². The van der Waals surface area contributed by atoms with E-state index in [0.29, 0.717) is 33.0 Å². The number of non-ortho nitro benzene ring substituents is 1. The lowest BCUT2D eigenvalue weighted by molar-refractivity contribution is -0.384. The minimum atomic E-state index is -0.382. The second-order valence-corrected chi connectivity index (χ2v) is 10.8. The van der Waals surface area contributed by atoms with E-state index in [9.17, 15) is 10.1 Å². The van der Waals surface area contributed by atoms with Crippen LogP contribution < -0.4 is 14.5 Å². The molecule has 0 fully saturated rings. The van der Waals surface area contributed by atoms with Gasteiger partial charge in [-0.2, -0.15) is 4.73 Å². The predicted octanol–water partition coefficient (Wildman–Crippen LogP) is 8.61. The van der Waals surface area contributed by atoms with Gasteiger partial charge in [0, 0.05) is 53.1 Å². The molecular formula is C36H41N3O6. The van der Waals surface area contributed by atoms with Gasteiger partial charge in [-0.05, 0) is 67.4 Å². The molecule has 0 amide bonds. The van der Waals surface area contributed by atoms with Gasteiger partial charge in [-0.25, -0.2) is 0 Å². The van der Waals surface area contributed by atoms with Crippen molar-refractivity contribution in [2.45, 2.75) is 39.0 Å². The van der Waals surface area contributed by atoms with Crippen molar-refractivity contribution in [2.24, 2.45) is 0 Å². The number of para-hydroxylation sites is 1. The second-order valence-electron chi connectivity index (χ2n) is 10.8. The quantitative estimate of drug-likeness (QED) is 0.0557. The van der Waals surface area contributed by atoms with Gasteiger partial charge in [0.2, 0.25) is 0 Å². The highest BCUT2D eigenvalue weighted by Gasteiger charge is 2.18. The molecule has 0 saturated heterocycles. The van der Waals surface area contributed by atoms with Crippen molar-refractivity contribution in [3.63, 3.8) is 0 Å². The van der Waals surface area contributed by atoms with E-state index in [1.807, 2.05) is 47.2 Å². The molecule has 1 aromatic heterocycles. The van der Waals surface area contributed by atoms with Crippen LogP contribution in [0.5, 0.6) is 5.75 Å². The molecule has 0 aliphatic heterocycles. The third-order valence-corrected chi connectivity index (χ3v) is 7.67. The van der Waals surface area contributed by atoms with E-state index in [-0.39, 0.29) is 10.6 Å². The molecule has 0 spiro atoms. The van der Waals surface area contributed by atoms with Gasteiger partial charge in [0.15, 0.2) is 0 Å². The first kappa shape index (κ1) is 31.8. The number of rotatable bonds is 18. The lowest BCUT2D eigenvalue weighted by Crippen LogP contribution is -2.14. The highest BCUT2D eigenvalue weighted by molar-refractivity contribution is 6.09. The highest BCUT2D eigenvalue weighted by atomic mass is 16.7. The third kappa shape index (κ3) is 7.92. The van der Waals surface area contributed by atoms with Crippen molar-refractivity contribution >= 4 is 44.6 Å². The van der Waals surface area contributed by atoms with E-state index in [0.717, 1.165) is 57.5 Å².